The SMILES string of the molecule is CCCC(=O)OC[C@H]1O[C@@H](O[C@H]2[C@H](OC(=O)/C=C/C=C/CC(O)C(C)CCC/C=C/C(C)CC)[C@@H](O)[C@@]3(OCc4cc(O)cc(O)c43)O[C@@H]2CO)[C@H](O)[C@@H](O)[C@H]1O. The van der Waals surface area contributed by atoms with E-state index in [9.17, 15) is 50.4 Å². The van der Waals surface area contributed by atoms with Crippen LogP contribution in [0.25, 0.3) is 0 Å². The van der Waals surface area contributed by atoms with E-state index >= 15 is 0 Å². The molecule has 0 aromatic heterocycles. The summed E-state index contributed by atoms with van der Waals surface area (Å²) in [4.78, 5) is 25.3. The summed E-state index contributed by atoms with van der Waals surface area (Å²) in [7, 11) is 0. The van der Waals surface area contributed by atoms with Crippen molar-refractivity contribution in [2.75, 3.05) is 13.2 Å². The van der Waals surface area contributed by atoms with Gasteiger partial charge in [-0.15, -0.1) is 0 Å². The third kappa shape index (κ3) is 11.6. The van der Waals surface area contributed by atoms with E-state index in [-0.39, 0.29) is 35.8 Å². The van der Waals surface area contributed by atoms with Crippen molar-refractivity contribution in [1.82, 2.24) is 0 Å². The highest BCUT2D eigenvalue weighted by atomic mass is 16.8. The molecule has 8 N–H and O–H groups in total. The average Bonchev–Trinajstić information content (AvgIpc) is 3.55. The van der Waals surface area contributed by atoms with E-state index in [1.54, 1.807) is 19.1 Å². The van der Waals surface area contributed by atoms with Crippen molar-refractivity contribution in [2.45, 2.75) is 146 Å². The molecular weight excluding hydrogens is 748 g/mol. The van der Waals surface area contributed by atoms with Crippen molar-refractivity contribution in [2.24, 2.45) is 11.8 Å². The number of carbonyl (C=O) groups is 2. The minimum atomic E-state index is -2.25. The molecule has 2 fully saturated rings. The number of ether oxygens (including phenoxy) is 6. The second-order valence-corrected chi connectivity index (χ2v) is 15.0. The molecule has 0 amide bonds. The van der Waals surface area contributed by atoms with E-state index in [0.717, 1.165) is 37.8 Å². The number of phenolic OH excluding ortho intramolecular Hbond substituents is 2. The number of carbonyl (C=O) groups excluding carboxylic acids is 2. The van der Waals surface area contributed by atoms with Gasteiger partial charge in [0.05, 0.1) is 24.9 Å². The second-order valence-electron chi connectivity index (χ2n) is 15.0. The molecular formula is C41H60O16. The smallest absolute Gasteiger partial charge is 0.331 e. The maximum absolute atomic E-state index is 13.3. The first-order valence-corrected chi connectivity index (χ1v) is 19.7. The molecule has 0 saturated carbocycles. The van der Waals surface area contributed by atoms with E-state index in [0.29, 0.717) is 18.8 Å². The number of aliphatic hydroxyl groups excluding tert-OH is 6. The van der Waals surface area contributed by atoms with Gasteiger partial charge in [-0.25, -0.2) is 4.79 Å². The molecule has 0 bridgehead atoms. The summed E-state index contributed by atoms with van der Waals surface area (Å²) in [5.74, 6) is -4.07. The van der Waals surface area contributed by atoms with E-state index in [4.69, 9.17) is 28.4 Å². The molecule has 0 aliphatic carbocycles. The number of esters is 2. The van der Waals surface area contributed by atoms with Crippen molar-refractivity contribution >= 4 is 11.9 Å². The van der Waals surface area contributed by atoms with Gasteiger partial charge in [0.2, 0.25) is 5.79 Å². The maximum atomic E-state index is 13.3. The van der Waals surface area contributed by atoms with Gasteiger partial charge in [-0.3, -0.25) is 4.79 Å². The van der Waals surface area contributed by atoms with E-state index < -0.39 is 97.9 Å². The number of unbranched alkanes of at least 4 members (excludes halogenated alkanes) is 1. The van der Waals surface area contributed by atoms with Crippen LogP contribution in [0.3, 0.4) is 0 Å². The second kappa shape index (κ2) is 21.5. The first-order valence-electron chi connectivity index (χ1n) is 19.7. The molecule has 0 radical (unpaired) electrons. The molecule has 2 saturated heterocycles. The Morgan fingerprint density at radius 2 is 1.75 bits per heavy atom. The van der Waals surface area contributed by atoms with Gasteiger partial charge in [0.25, 0.3) is 0 Å². The predicted molar refractivity (Wildman–Crippen MR) is 202 cm³/mol. The third-order valence-electron chi connectivity index (χ3n) is 10.6. The van der Waals surface area contributed by atoms with Crippen LogP contribution in [0.5, 0.6) is 11.5 Å². The zero-order valence-corrected chi connectivity index (χ0v) is 33.0. The predicted octanol–water partition coefficient (Wildman–Crippen LogP) is 2.25. The highest BCUT2D eigenvalue weighted by Crippen LogP contribution is 2.51. The van der Waals surface area contributed by atoms with Gasteiger partial charge in [-0.05, 0) is 55.6 Å². The fourth-order valence-corrected chi connectivity index (χ4v) is 7.00. The largest absolute Gasteiger partial charge is 0.508 e. The van der Waals surface area contributed by atoms with Crippen molar-refractivity contribution in [1.29, 1.82) is 0 Å². The van der Waals surface area contributed by atoms with Crippen LogP contribution in [0, 0.1) is 11.8 Å². The zero-order chi connectivity index (χ0) is 41.9. The van der Waals surface area contributed by atoms with Gasteiger partial charge in [0, 0.05) is 18.6 Å². The molecule has 13 atom stereocenters. The summed E-state index contributed by atoms with van der Waals surface area (Å²) < 4.78 is 34.5. The molecule has 320 valence electrons. The first kappa shape index (κ1) is 46.3. The number of fused-ring (bicyclic) bond motifs is 2. The molecule has 4 rings (SSSR count). The number of allylic oxidation sites excluding steroid dienone is 4. The first-order chi connectivity index (χ1) is 27.2. The Kier molecular flexibility index (Phi) is 17.5. The summed E-state index contributed by atoms with van der Waals surface area (Å²) in [6.07, 6.45) is -1.46. The third-order valence-corrected chi connectivity index (χ3v) is 10.6. The monoisotopic (exact) mass is 808 g/mol. The van der Waals surface area contributed by atoms with Crippen molar-refractivity contribution < 1.29 is 78.9 Å². The van der Waals surface area contributed by atoms with Gasteiger partial charge < -0.3 is 69.3 Å². The minimum absolute atomic E-state index is 0.0491. The molecule has 1 aromatic carbocycles. The lowest BCUT2D eigenvalue weighted by Crippen LogP contribution is -2.67. The summed E-state index contributed by atoms with van der Waals surface area (Å²) >= 11 is 0. The maximum Gasteiger partial charge on any atom is 0.331 e. The number of rotatable bonds is 19. The van der Waals surface area contributed by atoms with Crippen molar-refractivity contribution in [3.63, 3.8) is 0 Å². The van der Waals surface area contributed by atoms with Crippen LogP contribution in [-0.2, 0) is 50.4 Å². The molecule has 57 heavy (non-hydrogen) atoms. The van der Waals surface area contributed by atoms with E-state index in [1.807, 2.05) is 6.92 Å². The number of hydrogen-bond donors (Lipinski definition) is 8. The Balaban J connectivity index is 1.51. The molecule has 1 aromatic rings. The number of hydrogen-bond acceptors (Lipinski definition) is 16. The molecule has 16 heteroatoms. The average molecular weight is 809 g/mol. The molecule has 3 heterocycles. The van der Waals surface area contributed by atoms with Gasteiger partial charge in [-0.1, -0.05) is 64.5 Å². The van der Waals surface area contributed by atoms with Crippen LogP contribution in [0.4, 0.5) is 0 Å². The van der Waals surface area contributed by atoms with Crippen LogP contribution in [-0.4, -0.2) is 127 Å². The molecule has 3 aliphatic heterocycles. The molecule has 3 unspecified atom stereocenters. The zero-order valence-electron chi connectivity index (χ0n) is 33.0. The standard InChI is InChI=1S/C41H60O16/c1-5-13-31(46)52-22-30-34(48)35(49)36(50)40(54-30)56-37-29(20-42)57-41(33-25(21-53-41)18-26(43)19-28(33)45)39(51)38(37)55-32(47)17-12-8-11-16-27(44)24(4)15-10-7-9-14-23(3)6-2/h8-9,11-12,14,17-19,23-24,27,29-30,34-40,42-45,48-51H,5-7,10,13,15-16,20-22H2,1-4H3/b11-8+,14-9+,17-12+/t23?,24?,27?,29-,30-,34+,35+,36-,37-,38+,39-,40+,41+/m1/s1. The van der Waals surface area contributed by atoms with Gasteiger partial charge >= 0.3 is 11.9 Å². The molecule has 3 aliphatic rings. The Hall–Kier alpha value is -3.42. The van der Waals surface area contributed by atoms with Gasteiger partial charge in [0.1, 0.15) is 54.7 Å². The van der Waals surface area contributed by atoms with Crippen molar-refractivity contribution in [3.8, 4) is 11.5 Å². The number of aromatic hydroxyl groups is 2. The van der Waals surface area contributed by atoms with Crippen LogP contribution in [0.2, 0.25) is 0 Å². The topological polar surface area (TPSA) is 251 Å². The molecule has 1 spiro atoms. The lowest BCUT2D eigenvalue weighted by Gasteiger charge is -2.50. The number of benzene rings is 1. The lowest BCUT2D eigenvalue weighted by atomic mass is 9.86. The van der Waals surface area contributed by atoms with Gasteiger partial charge in [-0.2, -0.15) is 0 Å². The quantitative estimate of drug-likeness (QED) is 0.0328. The fourth-order valence-electron chi connectivity index (χ4n) is 7.00. The number of aliphatic hydroxyl groups is 6. The summed E-state index contributed by atoms with van der Waals surface area (Å²) in [6, 6.07) is 2.28. The minimum Gasteiger partial charge on any atom is -0.508 e. The Labute approximate surface area is 332 Å². The van der Waals surface area contributed by atoms with E-state index in [2.05, 4.69) is 26.0 Å². The normalized spacial score (nSPS) is 31.9. The highest BCUT2D eigenvalue weighted by molar-refractivity contribution is 5.82. The Bertz CT molecular complexity index is 1550. The van der Waals surface area contributed by atoms with Crippen LogP contribution in [0.1, 0.15) is 83.8 Å². The number of phenols is 2. The van der Waals surface area contributed by atoms with E-state index in [1.165, 1.54) is 12.1 Å². The van der Waals surface area contributed by atoms with Crippen molar-refractivity contribution in [3.05, 3.63) is 59.7 Å². The Morgan fingerprint density at radius 3 is 2.46 bits per heavy atom. The van der Waals surface area contributed by atoms with Gasteiger partial charge in [0.15, 0.2) is 18.5 Å². The summed E-state index contributed by atoms with van der Waals surface area (Å²) in [5, 5.41) is 86.1. The Morgan fingerprint density at radius 1 is 1.00 bits per heavy atom. The van der Waals surface area contributed by atoms with Crippen LogP contribution < -0.4 is 0 Å². The fraction of sp³-hybridized carbons (Fsp3) is 0.659. The van der Waals surface area contributed by atoms with Crippen LogP contribution >= 0.6 is 0 Å². The summed E-state index contributed by atoms with van der Waals surface area (Å²) in [5.41, 5.74) is 0.136. The highest BCUT2D eigenvalue weighted by Gasteiger charge is 2.63. The summed E-state index contributed by atoms with van der Waals surface area (Å²) in [6.45, 7) is 6.41. The molecule has 16 nitrogen and oxygen atoms in total. The van der Waals surface area contributed by atoms with Crippen LogP contribution in [0.15, 0.2) is 48.6 Å². The lowest BCUT2D eigenvalue weighted by molar-refractivity contribution is -0.395.